The molecular formula is C47H58GeIrNO2S-. The molecule has 2 aromatic heterocycles. The second-order valence-corrected chi connectivity index (χ2v) is 29.2. The first kappa shape index (κ1) is 42.9. The van der Waals surface area contributed by atoms with E-state index in [1.165, 1.54) is 64.4 Å². The Labute approximate surface area is 338 Å². The monoisotopic (exact) mass is 967 g/mol. The third kappa shape index (κ3) is 9.71. The Bertz CT molecular complexity index is 2250. The van der Waals surface area contributed by atoms with Crippen LogP contribution in [0.5, 0.6) is 0 Å². The number of hydrogen-bond donors (Lipinski definition) is 1. The minimum Gasteiger partial charge on any atom is 0 e. The van der Waals surface area contributed by atoms with E-state index in [2.05, 4.69) is 112 Å². The van der Waals surface area contributed by atoms with E-state index in [1.54, 1.807) is 0 Å². The van der Waals surface area contributed by atoms with E-state index in [1.807, 2.05) is 45.2 Å². The topological polar surface area (TPSA) is 50.2 Å². The van der Waals surface area contributed by atoms with Crippen molar-refractivity contribution < 1.29 is 30.0 Å². The molecule has 0 saturated heterocycles. The number of thiophene rings is 1. The minimum absolute atomic E-state index is 0. The van der Waals surface area contributed by atoms with Gasteiger partial charge in [0.15, 0.2) is 5.78 Å². The fourth-order valence-electron chi connectivity index (χ4n) is 7.40. The number of aryl methyl sites for hydroxylation is 1. The molecule has 6 heteroatoms. The standard InChI is InChI=1S/C34H34GeNS.C13H24O2.Ir/c1-21-16-29-23(18-25(21)20-35(5,6)7)12-13-27-28-14-15-36-31(33(28)37-32(27)29)24-17-22-10-8-9-11-26(22)30(19-24)34(2,3)4;1-5-10(6-2)12(14)9-13(15)11(7-3)8-4;/h8-16,18-19H,20H2,1-7H3;9-11,14H,5-8H2,1-4H3;/q-1;;/b;12-9-;. The Morgan fingerprint density at radius 1 is 0.849 bits per heavy atom. The maximum absolute atomic E-state index is 11.7. The van der Waals surface area contributed by atoms with Crippen molar-refractivity contribution in [1.82, 2.24) is 4.98 Å². The van der Waals surface area contributed by atoms with Gasteiger partial charge in [-0.15, -0.1) is 6.07 Å². The second kappa shape index (κ2) is 17.8. The quantitative estimate of drug-likeness (QED) is 0.0644. The van der Waals surface area contributed by atoms with Crippen LogP contribution in [0.3, 0.4) is 0 Å². The van der Waals surface area contributed by atoms with Crippen LogP contribution in [0.25, 0.3) is 53.0 Å². The number of aliphatic hydroxyl groups excluding tert-OH is 1. The fourth-order valence-corrected chi connectivity index (χ4v) is 11.9. The first-order valence-electron chi connectivity index (χ1n) is 19.2. The number of aromatic nitrogens is 1. The number of hydrogen-bond acceptors (Lipinski definition) is 4. The van der Waals surface area contributed by atoms with Gasteiger partial charge in [0, 0.05) is 38.0 Å². The van der Waals surface area contributed by atoms with Crippen molar-refractivity contribution in [2.75, 3.05) is 0 Å². The predicted octanol–water partition coefficient (Wildman–Crippen LogP) is 14.1. The third-order valence-corrected chi connectivity index (χ3v) is 14.8. The minimum atomic E-state index is -1.70. The van der Waals surface area contributed by atoms with Crippen LogP contribution in [-0.2, 0) is 35.6 Å². The summed E-state index contributed by atoms with van der Waals surface area (Å²) in [6, 6.07) is 26.4. The van der Waals surface area contributed by atoms with Crippen LogP contribution in [0, 0.1) is 24.8 Å². The second-order valence-electron chi connectivity index (χ2n) is 16.7. The van der Waals surface area contributed by atoms with Crippen LogP contribution in [0.1, 0.15) is 90.8 Å². The molecule has 6 rings (SSSR count). The molecule has 0 spiro atoms. The van der Waals surface area contributed by atoms with Crippen LogP contribution in [0.15, 0.2) is 78.7 Å². The molecule has 0 unspecified atom stereocenters. The zero-order valence-electron chi connectivity index (χ0n) is 33.7. The summed E-state index contributed by atoms with van der Waals surface area (Å²) in [4.78, 5) is 16.7. The van der Waals surface area contributed by atoms with Crippen LogP contribution in [0.2, 0.25) is 17.3 Å². The average Bonchev–Trinajstić information content (AvgIpc) is 3.48. The Kier molecular flexibility index (Phi) is 14.4. The van der Waals surface area contributed by atoms with Gasteiger partial charge in [-0.25, -0.2) is 0 Å². The molecule has 0 bridgehead atoms. The molecule has 1 N–H and O–H groups in total. The van der Waals surface area contributed by atoms with E-state index < -0.39 is 13.3 Å². The number of nitrogens with zero attached hydrogens (tertiary/aromatic N) is 1. The molecule has 6 aromatic rings. The van der Waals surface area contributed by atoms with Gasteiger partial charge in [-0.1, -0.05) is 72.1 Å². The van der Waals surface area contributed by atoms with Gasteiger partial charge in [0.25, 0.3) is 0 Å². The number of carbonyl (C=O) groups excluding carboxylic acids is 1. The molecule has 1 radical (unpaired) electrons. The third-order valence-electron chi connectivity index (χ3n) is 10.5. The summed E-state index contributed by atoms with van der Waals surface area (Å²) in [7, 11) is 0. The van der Waals surface area contributed by atoms with E-state index in [-0.39, 0.29) is 48.9 Å². The van der Waals surface area contributed by atoms with Crippen molar-refractivity contribution in [3.8, 4) is 11.3 Å². The van der Waals surface area contributed by atoms with E-state index in [0.29, 0.717) is 0 Å². The van der Waals surface area contributed by atoms with Crippen molar-refractivity contribution >= 4 is 72.1 Å². The zero-order chi connectivity index (χ0) is 38.0. The van der Waals surface area contributed by atoms with Gasteiger partial charge in [-0.2, -0.15) is 0 Å². The summed E-state index contributed by atoms with van der Waals surface area (Å²) in [5.74, 6) is 8.05. The van der Waals surface area contributed by atoms with Gasteiger partial charge >= 0.3 is 172 Å². The first-order valence-corrected chi connectivity index (χ1v) is 27.8. The smallest absolute Gasteiger partial charge is 0 e. The number of ketones is 1. The van der Waals surface area contributed by atoms with Crippen LogP contribution in [-0.4, -0.2) is 29.1 Å². The number of benzene rings is 4. The Balaban J connectivity index is 0.000000335. The van der Waals surface area contributed by atoms with Crippen molar-refractivity contribution in [2.24, 2.45) is 11.8 Å². The van der Waals surface area contributed by atoms with Crippen LogP contribution in [0.4, 0.5) is 0 Å². The van der Waals surface area contributed by atoms with E-state index in [0.717, 1.165) is 42.3 Å². The van der Waals surface area contributed by atoms with Gasteiger partial charge < -0.3 is 5.11 Å². The molecule has 0 aliphatic heterocycles. The Morgan fingerprint density at radius 2 is 1.49 bits per heavy atom. The SMILES string of the molecule is CCC(CC)C(=O)/C=C(\O)C(CC)CC.Cc1cc2c(ccc3c4ccnc(-c5[c-]c6ccccc6c(C(C)(C)C)c5)c4sc23)cc1[CH2][Ge]([CH3])([CH3])[CH3].[Ir]. The molecular weight excluding hydrogens is 907 g/mol. The van der Waals surface area contributed by atoms with E-state index in [9.17, 15) is 9.90 Å². The molecule has 283 valence electrons. The van der Waals surface area contributed by atoms with Gasteiger partial charge in [0.2, 0.25) is 0 Å². The number of pyridine rings is 1. The van der Waals surface area contributed by atoms with E-state index in [4.69, 9.17) is 4.98 Å². The van der Waals surface area contributed by atoms with Crippen molar-refractivity contribution in [1.29, 1.82) is 0 Å². The molecule has 4 aromatic carbocycles. The van der Waals surface area contributed by atoms with Crippen LogP contribution >= 0.6 is 11.3 Å². The fraction of sp³-hybridized carbons (Fsp3) is 0.404. The molecule has 0 aliphatic rings. The molecule has 0 saturated carbocycles. The Hall–Kier alpha value is -2.83. The molecule has 0 amide bonds. The molecule has 53 heavy (non-hydrogen) atoms. The summed E-state index contributed by atoms with van der Waals surface area (Å²) in [6.45, 7) is 17.2. The number of fused-ring (bicyclic) bond motifs is 6. The predicted molar refractivity (Wildman–Crippen MR) is 231 cm³/mol. The summed E-state index contributed by atoms with van der Waals surface area (Å²) >= 11 is 0.190. The number of carbonyl (C=O) groups is 1. The molecule has 2 heterocycles. The zero-order valence-corrected chi connectivity index (χ0v) is 39.0. The Morgan fingerprint density at radius 3 is 2.11 bits per heavy atom. The molecule has 0 atom stereocenters. The summed E-state index contributed by atoms with van der Waals surface area (Å²) < 4.78 is 2.62. The molecule has 0 aliphatic carbocycles. The van der Waals surface area contributed by atoms with Gasteiger partial charge in [-0.3, -0.25) is 4.79 Å². The van der Waals surface area contributed by atoms with Crippen molar-refractivity contribution in [3.63, 3.8) is 0 Å². The van der Waals surface area contributed by atoms with Gasteiger partial charge in [0.1, 0.15) is 0 Å². The number of aliphatic hydroxyl groups is 1. The first-order chi connectivity index (χ1) is 24.6. The molecule has 0 fully saturated rings. The largest absolute Gasteiger partial charge is 0 e. The van der Waals surface area contributed by atoms with Crippen LogP contribution < -0.4 is 0 Å². The summed E-state index contributed by atoms with van der Waals surface area (Å²) in [5, 5.41) is 18.8. The summed E-state index contributed by atoms with van der Waals surface area (Å²) in [6.07, 6.45) is 6.88. The van der Waals surface area contributed by atoms with Gasteiger partial charge in [-0.05, 0) is 31.1 Å². The summed E-state index contributed by atoms with van der Waals surface area (Å²) in [5.41, 5.74) is 6.45. The maximum Gasteiger partial charge on any atom is 0 e. The number of allylic oxidation sites excluding steroid dienone is 2. The maximum atomic E-state index is 11.7. The number of rotatable bonds is 10. The van der Waals surface area contributed by atoms with Gasteiger partial charge in [0.05, 0.1) is 5.76 Å². The van der Waals surface area contributed by atoms with Crippen molar-refractivity contribution in [2.45, 2.75) is 109 Å². The normalized spacial score (nSPS) is 12.5. The van der Waals surface area contributed by atoms with Crippen molar-refractivity contribution in [3.05, 3.63) is 101 Å². The van der Waals surface area contributed by atoms with E-state index >= 15 is 0 Å². The average molecular weight is 966 g/mol. The molecule has 3 nitrogen and oxygen atoms in total.